The van der Waals surface area contributed by atoms with Crippen molar-refractivity contribution in [3.8, 4) is 5.75 Å². The monoisotopic (exact) mass is 443 g/mol. The molecule has 2 saturated heterocycles. The van der Waals surface area contributed by atoms with Crippen LogP contribution in [-0.4, -0.2) is 62.2 Å². The summed E-state index contributed by atoms with van der Waals surface area (Å²) in [5, 5.41) is 2.49. The van der Waals surface area contributed by atoms with Gasteiger partial charge in [0, 0.05) is 31.9 Å². The highest BCUT2D eigenvalue weighted by Gasteiger charge is 2.46. The minimum absolute atomic E-state index is 0.0600. The number of carbonyl (C=O) groups is 1. The fourth-order valence-corrected chi connectivity index (χ4v) is 6.76. The zero-order valence-electron chi connectivity index (χ0n) is 17.7. The number of hydrogen-bond donors (Lipinski definition) is 1. The van der Waals surface area contributed by atoms with E-state index in [2.05, 4.69) is 5.32 Å². The van der Waals surface area contributed by atoms with Gasteiger partial charge >= 0.3 is 6.03 Å². The van der Waals surface area contributed by atoms with Crippen LogP contribution in [0.4, 0.5) is 10.5 Å². The average molecular weight is 444 g/mol. The molecule has 8 heteroatoms. The highest BCUT2D eigenvalue weighted by atomic mass is 32.2. The van der Waals surface area contributed by atoms with Crippen LogP contribution in [0.15, 0.2) is 54.6 Å². The molecule has 2 aromatic carbocycles. The minimum atomic E-state index is -3.36. The molecular formula is C23H29N3O4S. The number of fused-ring (bicyclic) bond motifs is 1. The number of amides is 2. The zero-order valence-corrected chi connectivity index (χ0v) is 18.6. The Morgan fingerprint density at radius 2 is 1.87 bits per heavy atom. The lowest BCUT2D eigenvalue weighted by Gasteiger charge is -2.22. The standard InChI is InChI=1S/C23H29N3O4S/c1-30-21-9-5-6-18(16-21)10-15-26-17-19-11-13-25(14-12-22(19)31(26,28)29)23(27)24-20-7-3-2-4-8-20/h2-9,16,19,22H,10-15,17H2,1H3,(H,24,27)/t19-,22-/m0/s1. The number of para-hydroxylation sites is 1. The zero-order chi connectivity index (χ0) is 21.8. The van der Waals surface area contributed by atoms with Gasteiger partial charge in [0.25, 0.3) is 0 Å². The molecule has 0 bridgehead atoms. The van der Waals surface area contributed by atoms with Crippen molar-refractivity contribution in [1.29, 1.82) is 0 Å². The molecule has 2 heterocycles. The van der Waals surface area contributed by atoms with Gasteiger partial charge in [-0.1, -0.05) is 30.3 Å². The lowest BCUT2D eigenvalue weighted by Crippen LogP contribution is -2.37. The molecule has 7 nitrogen and oxygen atoms in total. The predicted octanol–water partition coefficient (Wildman–Crippen LogP) is 3.20. The van der Waals surface area contributed by atoms with Crippen molar-refractivity contribution in [1.82, 2.24) is 9.21 Å². The Morgan fingerprint density at radius 3 is 2.65 bits per heavy atom. The number of anilines is 1. The van der Waals surface area contributed by atoms with Crippen LogP contribution in [0.3, 0.4) is 0 Å². The maximum Gasteiger partial charge on any atom is 0.321 e. The smallest absolute Gasteiger partial charge is 0.321 e. The lowest BCUT2D eigenvalue weighted by atomic mass is 10.0. The summed E-state index contributed by atoms with van der Waals surface area (Å²) in [6.45, 7) is 2.02. The van der Waals surface area contributed by atoms with Gasteiger partial charge in [-0.3, -0.25) is 0 Å². The van der Waals surface area contributed by atoms with Crippen LogP contribution in [0.5, 0.6) is 5.75 Å². The Morgan fingerprint density at radius 1 is 1.10 bits per heavy atom. The first-order chi connectivity index (χ1) is 15.0. The van der Waals surface area contributed by atoms with Crippen molar-refractivity contribution in [2.45, 2.75) is 24.5 Å². The van der Waals surface area contributed by atoms with Crippen molar-refractivity contribution in [3.63, 3.8) is 0 Å². The molecule has 2 aromatic rings. The first kappa shape index (κ1) is 21.6. The number of urea groups is 1. The van der Waals surface area contributed by atoms with Gasteiger partial charge in [-0.25, -0.2) is 17.5 Å². The largest absolute Gasteiger partial charge is 0.497 e. The maximum atomic E-state index is 13.2. The Bertz CT molecular complexity index is 1010. The molecule has 2 fully saturated rings. The molecule has 0 aliphatic carbocycles. The number of rotatable bonds is 5. The fraction of sp³-hybridized carbons (Fsp3) is 0.435. The molecular weight excluding hydrogens is 414 g/mol. The van der Waals surface area contributed by atoms with Crippen LogP contribution in [0.1, 0.15) is 18.4 Å². The van der Waals surface area contributed by atoms with Crippen LogP contribution in [0.2, 0.25) is 0 Å². The van der Waals surface area contributed by atoms with Gasteiger partial charge in [-0.05, 0) is 55.0 Å². The number of ether oxygens (including phenoxy) is 1. The van der Waals surface area contributed by atoms with Gasteiger partial charge in [0.1, 0.15) is 5.75 Å². The van der Waals surface area contributed by atoms with Gasteiger partial charge in [0.05, 0.1) is 12.4 Å². The Hall–Kier alpha value is -2.58. The van der Waals surface area contributed by atoms with Crippen molar-refractivity contribution in [2.75, 3.05) is 38.6 Å². The topological polar surface area (TPSA) is 79.0 Å². The molecule has 2 amide bonds. The molecule has 2 aliphatic rings. The molecule has 0 spiro atoms. The molecule has 31 heavy (non-hydrogen) atoms. The third-order valence-corrected chi connectivity index (χ3v) is 8.69. The highest BCUT2D eigenvalue weighted by molar-refractivity contribution is 7.90. The van der Waals surface area contributed by atoms with Gasteiger partial charge in [0.2, 0.25) is 10.0 Å². The predicted molar refractivity (Wildman–Crippen MR) is 121 cm³/mol. The lowest BCUT2D eigenvalue weighted by molar-refractivity contribution is 0.212. The number of hydrogen-bond acceptors (Lipinski definition) is 4. The van der Waals surface area contributed by atoms with E-state index in [9.17, 15) is 13.2 Å². The van der Waals surface area contributed by atoms with Gasteiger partial charge in [0.15, 0.2) is 0 Å². The second-order valence-corrected chi connectivity index (χ2v) is 10.3. The summed E-state index contributed by atoms with van der Waals surface area (Å²) in [6.07, 6.45) is 1.83. The van der Waals surface area contributed by atoms with E-state index in [1.165, 1.54) is 0 Å². The summed E-state index contributed by atoms with van der Waals surface area (Å²) in [5.74, 6) is 0.839. The number of likely N-dealkylation sites (tertiary alicyclic amines) is 1. The number of nitrogens with zero attached hydrogens (tertiary/aromatic N) is 2. The molecule has 2 atom stereocenters. The summed E-state index contributed by atoms with van der Waals surface area (Å²) in [7, 11) is -1.74. The van der Waals surface area contributed by atoms with Crippen molar-refractivity contribution >= 4 is 21.7 Å². The van der Waals surface area contributed by atoms with Crippen LogP contribution in [0, 0.1) is 5.92 Å². The maximum absolute atomic E-state index is 13.2. The summed E-state index contributed by atoms with van der Waals surface area (Å²) >= 11 is 0. The van der Waals surface area contributed by atoms with Crippen LogP contribution in [0.25, 0.3) is 0 Å². The van der Waals surface area contributed by atoms with E-state index in [1.54, 1.807) is 16.3 Å². The van der Waals surface area contributed by atoms with Crippen molar-refractivity contribution in [3.05, 3.63) is 60.2 Å². The fourth-order valence-electron chi connectivity index (χ4n) is 4.52. The summed E-state index contributed by atoms with van der Waals surface area (Å²) in [6, 6.07) is 16.9. The molecule has 0 unspecified atom stereocenters. The highest BCUT2D eigenvalue weighted by Crippen LogP contribution is 2.34. The number of benzene rings is 2. The van der Waals surface area contributed by atoms with E-state index in [0.717, 1.165) is 17.0 Å². The van der Waals surface area contributed by atoms with E-state index in [0.29, 0.717) is 45.4 Å². The van der Waals surface area contributed by atoms with Crippen LogP contribution < -0.4 is 10.1 Å². The van der Waals surface area contributed by atoms with Crippen molar-refractivity contribution < 1.29 is 17.9 Å². The van der Waals surface area contributed by atoms with Crippen LogP contribution >= 0.6 is 0 Å². The summed E-state index contributed by atoms with van der Waals surface area (Å²) < 4.78 is 33.2. The van der Waals surface area contributed by atoms with E-state index < -0.39 is 15.3 Å². The molecule has 0 saturated carbocycles. The van der Waals surface area contributed by atoms with Gasteiger partial charge in [-0.15, -0.1) is 0 Å². The number of nitrogens with one attached hydrogen (secondary N) is 1. The van der Waals surface area contributed by atoms with E-state index in [-0.39, 0.29) is 11.9 Å². The van der Waals surface area contributed by atoms with Gasteiger partial charge < -0.3 is 15.0 Å². The number of methoxy groups -OCH3 is 1. The molecule has 0 aromatic heterocycles. The van der Waals surface area contributed by atoms with E-state index in [4.69, 9.17) is 4.74 Å². The van der Waals surface area contributed by atoms with E-state index in [1.807, 2.05) is 54.6 Å². The average Bonchev–Trinajstić information content (AvgIpc) is 2.91. The molecule has 4 rings (SSSR count). The Kier molecular flexibility index (Phi) is 6.48. The summed E-state index contributed by atoms with van der Waals surface area (Å²) in [4.78, 5) is 14.4. The van der Waals surface area contributed by atoms with Crippen molar-refractivity contribution in [2.24, 2.45) is 5.92 Å². The molecule has 0 radical (unpaired) electrons. The minimum Gasteiger partial charge on any atom is -0.497 e. The third kappa shape index (κ3) is 4.85. The second-order valence-electron chi connectivity index (χ2n) is 8.16. The molecule has 1 N–H and O–H groups in total. The second kappa shape index (κ2) is 9.28. The number of sulfonamides is 1. The Labute approximate surface area is 184 Å². The summed E-state index contributed by atoms with van der Waals surface area (Å²) in [5.41, 5.74) is 1.80. The SMILES string of the molecule is COc1cccc(CCN2C[C@@H]3CCN(C(=O)Nc4ccccc4)CC[C@@H]3S2(=O)=O)c1. The Balaban J connectivity index is 1.36. The molecule has 166 valence electrons. The first-order valence-electron chi connectivity index (χ1n) is 10.7. The normalized spacial score (nSPS) is 23.1. The first-order valence-corrected chi connectivity index (χ1v) is 12.2. The number of carbonyl (C=O) groups excluding carboxylic acids is 1. The third-order valence-electron chi connectivity index (χ3n) is 6.26. The quantitative estimate of drug-likeness (QED) is 0.770. The molecule has 2 aliphatic heterocycles. The van der Waals surface area contributed by atoms with Gasteiger partial charge in [-0.2, -0.15) is 0 Å². The van der Waals surface area contributed by atoms with E-state index >= 15 is 0 Å². The van der Waals surface area contributed by atoms with Crippen LogP contribution in [-0.2, 0) is 16.4 Å².